The predicted molar refractivity (Wildman–Crippen MR) is 101 cm³/mol. The highest BCUT2D eigenvalue weighted by atomic mass is 35.5. The molecule has 0 aliphatic carbocycles. The highest BCUT2D eigenvalue weighted by molar-refractivity contribution is 7.89. The number of thiophene rings is 1. The van der Waals surface area contributed by atoms with Gasteiger partial charge in [0.2, 0.25) is 10.0 Å². The molecule has 0 bridgehead atoms. The normalized spacial score (nSPS) is 12.0. The molecule has 0 spiro atoms. The number of aromatic nitrogens is 2. The molecular weight excluding hydrogens is 378 g/mol. The largest absolute Gasteiger partial charge is 0.268 e. The molecule has 8 heteroatoms. The Morgan fingerprint density at radius 3 is 2.56 bits per heavy atom. The summed E-state index contributed by atoms with van der Waals surface area (Å²) in [5.74, 6) is 0. The van der Waals surface area contributed by atoms with Crippen LogP contribution in [0.25, 0.3) is 10.6 Å². The molecule has 0 aliphatic heterocycles. The first-order chi connectivity index (χ1) is 11.9. The van der Waals surface area contributed by atoms with Crippen LogP contribution in [0.5, 0.6) is 0 Å². The van der Waals surface area contributed by atoms with E-state index in [2.05, 4.69) is 9.82 Å². The molecule has 0 amide bonds. The number of nitrogens with zero attached hydrogens (tertiary/aromatic N) is 2. The summed E-state index contributed by atoms with van der Waals surface area (Å²) in [7, 11) is -3.70. The Hall–Kier alpha value is -1.67. The minimum atomic E-state index is -3.70. The van der Waals surface area contributed by atoms with Crippen molar-refractivity contribution in [3.63, 3.8) is 0 Å². The molecule has 2 aromatic heterocycles. The van der Waals surface area contributed by atoms with E-state index in [9.17, 15) is 8.42 Å². The topological polar surface area (TPSA) is 64.0 Å². The average Bonchev–Trinajstić information content (AvgIpc) is 3.23. The summed E-state index contributed by atoms with van der Waals surface area (Å²) in [5.41, 5.74) is 1.31. The number of halogens is 1. The van der Waals surface area contributed by atoms with Gasteiger partial charge in [0.15, 0.2) is 0 Å². The van der Waals surface area contributed by atoms with Crippen LogP contribution in [-0.4, -0.2) is 18.2 Å². The van der Waals surface area contributed by atoms with Crippen LogP contribution in [0.15, 0.2) is 52.9 Å². The Morgan fingerprint density at radius 2 is 1.96 bits per heavy atom. The zero-order chi connectivity index (χ0) is 18.0. The summed E-state index contributed by atoms with van der Waals surface area (Å²) in [6.07, 6.45) is 1.59. The van der Waals surface area contributed by atoms with Crippen LogP contribution in [-0.2, 0) is 16.6 Å². The molecule has 1 aromatic carbocycles. The van der Waals surface area contributed by atoms with E-state index >= 15 is 0 Å². The fourth-order valence-corrected chi connectivity index (χ4v) is 4.36. The smallest absolute Gasteiger partial charge is 0.244 e. The first-order valence-electron chi connectivity index (χ1n) is 7.74. The Bertz CT molecular complexity index is 946. The zero-order valence-corrected chi connectivity index (χ0v) is 16.2. The van der Waals surface area contributed by atoms with Crippen molar-refractivity contribution >= 4 is 33.0 Å². The molecule has 0 unspecified atom stereocenters. The van der Waals surface area contributed by atoms with Gasteiger partial charge in [0.25, 0.3) is 0 Å². The molecule has 25 heavy (non-hydrogen) atoms. The van der Waals surface area contributed by atoms with Gasteiger partial charge in [0, 0.05) is 23.8 Å². The van der Waals surface area contributed by atoms with Gasteiger partial charge in [0.1, 0.15) is 10.6 Å². The van der Waals surface area contributed by atoms with Crippen LogP contribution >= 0.6 is 22.9 Å². The highest BCUT2D eigenvalue weighted by Gasteiger charge is 2.24. The minimum absolute atomic E-state index is 0.0685. The molecular formula is C17H18ClN3O2S2. The minimum Gasteiger partial charge on any atom is -0.268 e. The van der Waals surface area contributed by atoms with Gasteiger partial charge >= 0.3 is 0 Å². The zero-order valence-electron chi connectivity index (χ0n) is 13.8. The number of hydrogen-bond acceptors (Lipinski definition) is 4. The van der Waals surface area contributed by atoms with Crippen LogP contribution in [0.4, 0.5) is 0 Å². The van der Waals surface area contributed by atoms with E-state index in [1.165, 1.54) is 11.3 Å². The standard InChI is InChI=1S/C17H18ClN3O2S2/c1-12(2)21-11-16(17(20-21)15-4-3-9-24-15)25(22,23)19-10-13-5-7-14(18)8-6-13/h3-9,11-12,19H,10H2,1-2H3. The second-order valence-electron chi connectivity index (χ2n) is 5.84. The fourth-order valence-electron chi connectivity index (χ4n) is 2.28. The van der Waals surface area contributed by atoms with Gasteiger partial charge in [-0.15, -0.1) is 11.3 Å². The molecule has 132 valence electrons. The Labute approximate surface area is 156 Å². The quantitative estimate of drug-likeness (QED) is 0.675. The van der Waals surface area contributed by atoms with Gasteiger partial charge < -0.3 is 0 Å². The Kier molecular flexibility index (Phi) is 5.29. The molecule has 0 saturated heterocycles. The van der Waals surface area contributed by atoms with E-state index in [-0.39, 0.29) is 17.5 Å². The molecule has 0 atom stereocenters. The van der Waals surface area contributed by atoms with E-state index in [0.29, 0.717) is 10.7 Å². The van der Waals surface area contributed by atoms with Gasteiger partial charge in [-0.1, -0.05) is 29.8 Å². The van der Waals surface area contributed by atoms with Crippen LogP contribution in [0, 0.1) is 0 Å². The van der Waals surface area contributed by atoms with Crippen molar-refractivity contribution in [1.29, 1.82) is 0 Å². The van der Waals surface area contributed by atoms with Crippen molar-refractivity contribution in [2.75, 3.05) is 0 Å². The lowest BCUT2D eigenvalue weighted by Crippen LogP contribution is -2.23. The molecule has 0 saturated carbocycles. The second-order valence-corrected chi connectivity index (χ2v) is 8.96. The number of benzene rings is 1. The van der Waals surface area contributed by atoms with Crippen molar-refractivity contribution < 1.29 is 8.42 Å². The molecule has 3 aromatic rings. The van der Waals surface area contributed by atoms with Gasteiger partial charge in [-0.2, -0.15) is 5.10 Å². The number of sulfonamides is 1. The summed E-state index contributed by atoms with van der Waals surface area (Å²) >= 11 is 7.32. The van der Waals surface area contributed by atoms with Crippen molar-refractivity contribution in [2.24, 2.45) is 0 Å². The maximum atomic E-state index is 12.8. The Balaban J connectivity index is 1.92. The first-order valence-corrected chi connectivity index (χ1v) is 10.5. The summed E-state index contributed by atoms with van der Waals surface area (Å²) < 4.78 is 30.0. The Morgan fingerprint density at radius 1 is 1.24 bits per heavy atom. The lowest BCUT2D eigenvalue weighted by Gasteiger charge is -2.06. The van der Waals surface area contributed by atoms with Gasteiger partial charge in [-0.05, 0) is 43.0 Å². The molecule has 0 radical (unpaired) electrons. The highest BCUT2D eigenvalue weighted by Crippen LogP contribution is 2.30. The predicted octanol–water partition coefficient (Wildman–Crippen LogP) is 4.32. The first kappa shape index (κ1) is 18.1. The summed E-state index contributed by atoms with van der Waals surface area (Å²) in [5, 5.41) is 7.00. The van der Waals surface area contributed by atoms with E-state index in [1.54, 1.807) is 35.1 Å². The lowest BCUT2D eigenvalue weighted by atomic mass is 10.2. The van der Waals surface area contributed by atoms with Gasteiger partial charge in [-0.3, -0.25) is 4.68 Å². The van der Waals surface area contributed by atoms with Crippen molar-refractivity contribution in [2.45, 2.75) is 31.3 Å². The van der Waals surface area contributed by atoms with Crippen molar-refractivity contribution in [3.05, 3.63) is 58.6 Å². The molecule has 1 N–H and O–H groups in total. The number of rotatable bonds is 6. The lowest BCUT2D eigenvalue weighted by molar-refractivity contribution is 0.532. The molecule has 5 nitrogen and oxygen atoms in total. The summed E-state index contributed by atoms with van der Waals surface area (Å²) in [6.45, 7) is 4.11. The maximum absolute atomic E-state index is 12.8. The van der Waals surface area contributed by atoms with E-state index in [4.69, 9.17) is 11.6 Å². The SMILES string of the molecule is CC(C)n1cc(S(=O)(=O)NCc2ccc(Cl)cc2)c(-c2cccs2)n1. The molecule has 2 heterocycles. The van der Waals surface area contributed by atoms with Crippen molar-refractivity contribution in [1.82, 2.24) is 14.5 Å². The fraction of sp³-hybridized carbons (Fsp3) is 0.235. The van der Waals surface area contributed by atoms with Crippen LogP contribution < -0.4 is 4.72 Å². The second kappa shape index (κ2) is 7.29. The maximum Gasteiger partial charge on any atom is 0.244 e. The van der Waals surface area contributed by atoms with Crippen LogP contribution in [0.1, 0.15) is 25.5 Å². The molecule has 3 rings (SSSR count). The number of hydrogen-bond donors (Lipinski definition) is 1. The van der Waals surface area contributed by atoms with E-state index in [1.807, 2.05) is 31.4 Å². The van der Waals surface area contributed by atoms with Crippen LogP contribution in [0.3, 0.4) is 0 Å². The molecule has 0 aliphatic rings. The van der Waals surface area contributed by atoms with Gasteiger partial charge in [0.05, 0.1) is 4.88 Å². The third-order valence-corrected chi connectivity index (χ3v) is 6.18. The van der Waals surface area contributed by atoms with Crippen molar-refractivity contribution in [3.8, 4) is 10.6 Å². The third-order valence-electron chi connectivity index (χ3n) is 3.65. The summed E-state index contributed by atoms with van der Waals surface area (Å²) in [4.78, 5) is 1.02. The third kappa shape index (κ3) is 4.12. The molecule has 0 fully saturated rings. The summed E-state index contributed by atoms with van der Waals surface area (Å²) in [6, 6.07) is 10.9. The van der Waals surface area contributed by atoms with E-state index in [0.717, 1.165) is 10.4 Å². The monoisotopic (exact) mass is 395 g/mol. The number of nitrogens with one attached hydrogen (secondary N) is 1. The van der Waals surface area contributed by atoms with Gasteiger partial charge in [-0.25, -0.2) is 13.1 Å². The average molecular weight is 396 g/mol. The van der Waals surface area contributed by atoms with E-state index < -0.39 is 10.0 Å². The van der Waals surface area contributed by atoms with Crippen LogP contribution in [0.2, 0.25) is 5.02 Å².